The molecule has 2 aromatic heterocycles. The van der Waals surface area contributed by atoms with Gasteiger partial charge >= 0.3 is 0 Å². The van der Waals surface area contributed by atoms with Gasteiger partial charge in [-0.2, -0.15) is 0 Å². The van der Waals surface area contributed by atoms with Gasteiger partial charge in [0.15, 0.2) is 0 Å². The molecule has 6 heteroatoms. The summed E-state index contributed by atoms with van der Waals surface area (Å²) in [6.07, 6.45) is 1.86. The van der Waals surface area contributed by atoms with Gasteiger partial charge in [-0.3, -0.25) is 5.10 Å². The molecular formula is C10H13N5S. The van der Waals surface area contributed by atoms with E-state index in [1.54, 1.807) is 0 Å². The molecule has 0 atom stereocenters. The Morgan fingerprint density at radius 2 is 2.31 bits per heavy atom. The number of hydrogen-bond acceptors (Lipinski definition) is 5. The molecular weight excluding hydrogens is 222 g/mol. The van der Waals surface area contributed by atoms with Crippen molar-refractivity contribution in [3.8, 4) is 0 Å². The lowest BCUT2D eigenvalue weighted by molar-refractivity contribution is 0.809. The van der Waals surface area contributed by atoms with Crippen molar-refractivity contribution in [1.29, 1.82) is 0 Å². The van der Waals surface area contributed by atoms with Crippen molar-refractivity contribution in [2.24, 2.45) is 0 Å². The van der Waals surface area contributed by atoms with Crippen LogP contribution in [0.15, 0.2) is 28.5 Å². The molecule has 0 aliphatic rings. The van der Waals surface area contributed by atoms with E-state index in [4.69, 9.17) is 0 Å². The number of nitrogens with one attached hydrogen (secondary N) is 2. The summed E-state index contributed by atoms with van der Waals surface area (Å²) in [5, 5.41) is 11.5. The van der Waals surface area contributed by atoms with Gasteiger partial charge in [-0.05, 0) is 37.4 Å². The Balaban J connectivity index is 2.05. The van der Waals surface area contributed by atoms with Crippen LogP contribution in [0.3, 0.4) is 0 Å². The van der Waals surface area contributed by atoms with E-state index in [-0.39, 0.29) is 0 Å². The maximum absolute atomic E-state index is 4.33. The van der Waals surface area contributed by atoms with E-state index >= 15 is 0 Å². The first-order chi connectivity index (χ1) is 7.78. The molecule has 0 aliphatic heterocycles. The molecule has 0 saturated carbocycles. The number of pyridine rings is 1. The zero-order chi connectivity index (χ0) is 11.4. The van der Waals surface area contributed by atoms with Gasteiger partial charge in [0.2, 0.25) is 5.16 Å². The van der Waals surface area contributed by atoms with Gasteiger partial charge in [-0.25, -0.2) is 9.97 Å². The average molecular weight is 235 g/mol. The Morgan fingerprint density at radius 1 is 1.44 bits per heavy atom. The molecule has 0 aromatic carbocycles. The SMILES string of the molecule is CNCc1ccc(Sc2n[nH]c(C)n2)nc1. The van der Waals surface area contributed by atoms with Crippen molar-refractivity contribution in [2.75, 3.05) is 7.05 Å². The molecule has 0 fully saturated rings. The first-order valence-electron chi connectivity index (χ1n) is 4.94. The number of aryl methyl sites for hydroxylation is 1. The Kier molecular flexibility index (Phi) is 3.53. The summed E-state index contributed by atoms with van der Waals surface area (Å²) in [5.41, 5.74) is 1.16. The van der Waals surface area contributed by atoms with Crippen molar-refractivity contribution >= 4 is 11.8 Å². The zero-order valence-electron chi connectivity index (χ0n) is 9.19. The molecule has 0 bridgehead atoms. The van der Waals surface area contributed by atoms with Crippen molar-refractivity contribution in [2.45, 2.75) is 23.7 Å². The van der Waals surface area contributed by atoms with Gasteiger partial charge in [0.05, 0.1) is 0 Å². The van der Waals surface area contributed by atoms with E-state index in [1.165, 1.54) is 11.8 Å². The van der Waals surface area contributed by atoms with E-state index in [0.29, 0.717) is 5.16 Å². The molecule has 84 valence electrons. The lowest BCUT2D eigenvalue weighted by atomic mass is 10.3. The first kappa shape index (κ1) is 11.1. The predicted molar refractivity (Wildman–Crippen MR) is 62.2 cm³/mol. The number of rotatable bonds is 4. The summed E-state index contributed by atoms with van der Waals surface area (Å²) in [5.74, 6) is 0.814. The second-order valence-corrected chi connectivity index (χ2v) is 4.33. The minimum atomic E-state index is 0.700. The molecule has 5 nitrogen and oxygen atoms in total. The highest BCUT2D eigenvalue weighted by Gasteiger charge is 2.03. The summed E-state index contributed by atoms with van der Waals surface area (Å²) in [4.78, 5) is 8.54. The summed E-state index contributed by atoms with van der Waals surface area (Å²) < 4.78 is 0. The lowest BCUT2D eigenvalue weighted by Crippen LogP contribution is -2.05. The van der Waals surface area contributed by atoms with Crippen LogP contribution >= 0.6 is 11.8 Å². The first-order valence-corrected chi connectivity index (χ1v) is 5.76. The molecule has 0 radical (unpaired) electrons. The van der Waals surface area contributed by atoms with Gasteiger partial charge in [-0.15, -0.1) is 5.10 Å². The number of hydrogen-bond donors (Lipinski definition) is 2. The summed E-state index contributed by atoms with van der Waals surface area (Å²) in [7, 11) is 1.92. The van der Waals surface area contributed by atoms with E-state index in [1.807, 2.05) is 32.3 Å². The minimum Gasteiger partial charge on any atom is -0.316 e. The van der Waals surface area contributed by atoms with Crippen LogP contribution in [0.5, 0.6) is 0 Å². The molecule has 16 heavy (non-hydrogen) atoms. The highest BCUT2D eigenvalue weighted by molar-refractivity contribution is 7.99. The quantitative estimate of drug-likeness (QED) is 0.838. The number of H-pyrrole nitrogens is 1. The van der Waals surface area contributed by atoms with Crippen LogP contribution in [0.2, 0.25) is 0 Å². The Morgan fingerprint density at radius 3 is 2.88 bits per heavy atom. The largest absolute Gasteiger partial charge is 0.316 e. The molecule has 0 saturated heterocycles. The molecule has 0 spiro atoms. The molecule has 0 aliphatic carbocycles. The van der Waals surface area contributed by atoms with Gasteiger partial charge in [0, 0.05) is 12.7 Å². The van der Waals surface area contributed by atoms with Gasteiger partial charge in [-0.1, -0.05) is 6.07 Å². The van der Waals surface area contributed by atoms with E-state index in [0.717, 1.165) is 23.0 Å². The van der Waals surface area contributed by atoms with Crippen LogP contribution < -0.4 is 5.32 Å². The third-order valence-electron chi connectivity index (χ3n) is 1.95. The van der Waals surface area contributed by atoms with Crippen molar-refractivity contribution < 1.29 is 0 Å². The van der Waals surface area contributed by atoms with Gasteiger partial charge in [0.1, 0.15) is 10.9 Å². The summed E-state index contributed by atoms with van der Waals surface area (Å²) in [6.45, 7) is 2.71. The fourth-order valence-electron chi connectivity index (χ4n) is 1.24. The Bertz CT molecular complexity index is 450. The maximum Gasteiger partial charge on any atom is 0.214 e. The predicted octanol–water partition coefficient (Wildman–Crippen LogP) is 1.38. The molecule has 2 rings (SSSR count). The molecule has 2 aromatic rings. The molecule has 2 heterocycles. The van der Waals surface area contributed by atoms with Crippen LogP contribution in [-0.4, -0.2) is 27.2 Å². The smallest absolute Gasteiger partial charge is 0.214 e. The minimum absolute atomic E-state index is 0.700. The van der Waals surface area contributed by atoms with Gasteiger partial charge < -0.3 is 5.32 Å². The topological polar surface area (TPSA) is 66.5 Å². The second kappa shape index (κ2) is 5.09. The van der Waals surface area contributed by atoms with E-state index < -0.39 is 0 Å². The molecule has 0 unspecified atom stereocenters. The van der Waals surface area contributed by atoms with Crippen LogP contribution in [-0.2, 0) is 6.54 Å². The number of aromatic nitrogens is 4. The molecule has 0 amide bonds. The zero-order valence-corrected chi connectivity index (χ0v) is 10.0. The normalized spacial score (nSPS) is 10.6. The third kappa shape index (κ3) is 2.80. The van der Waals surface area contributed by atoms with Crippen LogP contribution in [0.4, 0.5) is 0 Å². The third-order valence-corrected chi connectivity index (χ3v) is 2.77. The Hall–Kier alpha value is -1.40. The lowest BCUT2D eigenvalue weighted by Gasteiger charge is -2.00. The molecule has 2 N–H and O–H groups in total. The highest BCUT2D eigenvalue weighted by atomic mass is 32.2. The Labute approximate surface area is 98.1 Å². The van der Waals surface area contributed by atoms with Gasteiger partial charge in [0.25, 0.3) is 0 Å². The second-order valence-electron chi connectivity index (χ2n) is 3.34. The van der Waals surface area contributed by atoms with Crippen LogP contribution in [0.25, 0.3) is 0 Å². The number of aromatic amines is 1. The highest BCUT2D eigenvalue weighted by Crippen LogP contribution is 2.21. The standard InChI is InChI=1S/C10H13N5S/c1-7-13-10(15-14-7)16-9-4-3-8(5-11-2)6-12-9/h3-4,6,11H,5H2,1-2H3,(H,13,14,15). The number of nitrogens with zero attached hydrogens (tertiary/aromatic N) is 3. The fraction of sp³-hybridized carbons (Fsp3) is 0.300. The average Bonchev–Trinajstić information content (AvgIpc) is 2.67. The summed E-state index contributed by atoms with van der Waals surface area (Å²) in [6, 6.07) is 4.02. The van der Waals surface area contributed by atoms with E-state index in [2.05, 4.69) is 25.5 Å². The van der Waals surface area contributed by atoms with Crippen molar-refractivity contribution in [3.63, 3.8) is 0 Å². The van der Waals surface area contributed by atoms with Crippen LogP contribution in [0.1, 0.15) is 11.4 Å². The van der Waals surface area contributed by atoms with Crippen molar-refractivity contribution in [3.05, 3.63) is 29.7 Å². The summed E-state index contributed by atoms with van der Waals surface area (Å²) >= 11 is 1.45. The van der Waals surface area contributed by atoms with E-state index in [9.17, 15) is 0 Å². The maximum atomic E-state index is 4.33. The van der Waals surface area contributed by atoms with Crippen molar-refractivity contribution in [1.82, 2.24) is 25.5 Å². The monoisotopic (exact) mass is 235 g/mol. The van der Waals surface area contributed by atoms with Crippen LogP contribution in [0, 0.1) is 6.92 Å². The fourth-order valence-corrected chi connectivity index (χ4v) is 1.94.